The Hall–Kier alpha value is -0.600. The van der Waals surface area contributed by atoms with Crippen LogP contribution in [0.25, 0.3) is 0 Å². The van der Waals surface area contributed by atoms with E-state index in [0.29, 0.717) is 12.3 Å². The number of aliphatic hydroxyl groups is 2. The minimum atomic E-state index is -0.689. The Morgan fingerprint density at radius 1 is 1.14 bits per heavy atom. The minimum absolute atomic E-state index is 0.171. The van der Waals surface area contributed by atoms with Crippen molar-refractivity contribution >= 4 is 0 Å². The number of fused-ring (bicyclic) bond motifs is 2. The third kappa shape index (κ3) is 4.02. The molecule has 2 nitrogen and oxygen atoms in total. The summed E-state index contributed by atoms with van der Waals surface area (Å²) in [6.07, 6.45) is 10.1. The second-order valence-corrected chi connectivity index (χ2v) is 8.44. The fraction of sp³-hybridized carbons (Fsp3) is 0.800. The molecule has 0 amide bonds. The first-order chi connectivity index (χ1) is 10.1. The van der Waals surface area contributed by atoms with Crippen molar-refractivity contribution in [3.05, 3.63) is 23.3 Å². The Morgan fingerprint density at radius 3 is 2.45 bits per heavy atom. The van der Waals surface area contributed by atoms with Crippen LogP contribution in [0.4, 0.5) is 0 Å². The van der Waals surface area contributed by atoms with Gasteiger partial charge in [0.1, 0.15) is 0 Å². The molecule has 0 unspecified atom stereocenters. The molecule has 0 saturated heterocycles. The second-order valence-electron chi connectivity index (χ2n) is 8.44. The quantitative estimate of drug-likeness (QED) is 0.694. The Morgan fingerprint density at radius 2 is 1.82 bits per heavy atom. The van der Waals surface area contributed by atoms with Crippen LogP contribution in [0.5, 0.6) is 0 Å². The van der Waals surface area contributed by atoms with E-state index in [2.05, 4.69) is 32.9 Å². The van der Waals surface area contributed by atoms with Gasteiger partial charge in [0.2, 0.25) is 0 Å². The molecule has 0 aromatic carbocycles. The molecule has 2 aliphatic rings. The average molecular weight is 306 g/mol. The summed E-state index contributed by atoms with van der Waals surface area (Å²) in [5.41, 5.74) is 1.51. The van der Waals surface area contributed by atoms with Crippen LogP contribution >= 0.6 is 0 Å². The zero-order valence-electron chi connectivity index (χ0n) is 15.0. The topological polar surface area (TPSA) is 40.5 Å². The third-order valence-corrected chi connectivity index (χ3v) is 5.98. The highest BCUT2D eigenvalue weighted by Gasteiger charge is 2.47. The van der Waals surface area contributed by atoms with Gasteiger partial charge in [0.05, 0.1) is 11.2 Å². The van der Waals surface area contributed by atoms with E-state index in [1.165, 1.54) is 11.1 Å². The normalized spacial score (nSPS) is 45.5. The molecule has 22 heavy (non-hydrogen) atoms. The summed E-state index contributed by atoms with van der Waals surface area (Å²) < 4.78 is 0. The van der Waals surface area contributed by atoms with Crippen LogP contribution in [0, 0.1) is 17.8 Å². The van der Waals surface area contributed by atoms with Crippen LogP contribution in [0.3, 0.4) is 0 Å². The lowest BCUT2D eigenvalue weighted by molar-refractivity contribution is -0.0220. The summed E-state index contributed by atoms with van der Waals surface area (Å²) in [6, 6.07) is 0. The van der Waals surface area contributed by atoms with Crippen molar-refractivity contribution in [2.45, 2.75) is 84.3 Å². The Balaban J connectivity index is 2.34. The second kappa shape index (κ2) is 6.49. The van der Waals surface area contributed by atoms with Crippen molar-refractivity contribution in [2.75, 3.05) is 0 Å². The van der Waals surface area contributed by atoms with E-state index >= 15 is 0 Å². The molecular formula is C20H34O2. The van der Waals surface area contributed by atoms with Gasteiger partial charge in [0, 0.05) is 5.92 Å². The molecule has 126 valence electrons. The van der Waals surface area contributed by atoms with Gasteiger partial charge in [0.25, 0.3) is 0 Å². The van der Waals surface area contributed by atoms with E-state index < -0.39 is 11.2 Å². The van der Waals surface area contributed by atoms with Crippen LogP contribution in [0.1, 0.15) is 73.1 Å². The molecule has 2 rings (SSSR count). The molecule has 0 spiro atoms. The average Bonchev–Trinajstić information content (AvgIpc) is 2.69. The number of allylic oxidation sites excluding steroid dienone is 3. The first kappa shape index (κ1) is 17.7. The minimum Gasteiger partial charge on any atom is -0.390 e. The van der Waals surface area contributed by atoms with E-state index in [9.17, 15) is 10.2 Å². The van der Waals surface area contributed by atoms with Crippen molar-refractivity contribution < 1.29 is 10.2 Å². The highest BCUT2D eigenvalue weighted by atomic mass is 16.3. The van der Waals surface area contributed by atoms with E-state index in [0.717, 1.165) is 32.1 Å². The zero-order chi connectivity index (χ0) is 16.5. The van der Waals surface area contributed by atoms with E-state index in [-0.39, 0.29) is 11.8 Å². The lowest BCUT2D eigenvalue weighted by Gasteiger charge is -2.30. The predicted octanol–water partition coefficient (Wildman–Crippen LogP) is 4.62. The fourth-order valence-electron chi connectivity index (χ4n) is 4.10. The molecule has 1 fully saturated rings. The van der Waals surface area contributed by atoms with Crippen LogP contribution in [-0.4, -0.2) is 21.4 Å². The maximum atomic E-state index is 10.9. The summed E-state index contributed by atoms with van der Waals surface area (Å²) in [4.78, 5) is 0. The first-order valence-electron chi connectivity index (χ1n) is 8.93. The van der Waals surface area contributed by atoms with Gasteiger partial charge in [-0.25, -0.2) is 0 Å². The molecule has 2 N–H and O–H groups in total. The van der Waals surface area contributed by atoms with Gasteiger partial charge in [-0.05, 0) is 71.1 Å². The summed E-state index contributed by atoms with van der Waals surface area (Å²) >= 11 is 0. The molecule has 2 bridgehead atoms. The van der Waals surface area contributed by atoms with E-state index in [4.69, 9.17) is 0 Å². The van der Waals surface area contributed by atoms with Crippen molar-refractivity contribution in [3.8, 4) is 0 Å². The Bertz CT molecular complexity index is 454. The lowest BCUT2D eigenvalue weighted by Crippen LogP contribution is -2.34. The molecule has 2 aliphatic carbocycles. The van der Waals surface area contributed by atoms with Gasteiger partial charge in [-0.1, -0.05) is 37.1 Å². The number of rotatable bonds is 1. The third-order valence-electron chi connectivity index (χ3n) is 5.98. The van der Waals surface area contributed by atoms with Gasteiger partial charge in [-0.3, -0.25) is 0 Å². The predicted molar refractivity (Wildman–Crippen MR) is 92.6 cm³/mol. The van der Waals surface area contributed by atoms with Crippen molar-refractivity contribution in [1.29, 1.82) is 0 Å². The highest BCUT2D eigenvalue weighted by Crippen LogP contribution is 2.47. The highest BCUT2D eigenvalue weighted by molar-refractivity contribution is 5.16. The zero-order valence-corrected chi connectivity index (χ0v) is 15.0. The largest absolute Gasteiger partial charge is 0.390 e. The Kier molecular flexibility index (Phi) is 5.23. The summed E-state index contributed by atoms with van der Waals surface area (Å²) in [7, 11) is 0. The number of hydrogen-bond acceptors (Lipinski definition) is 2. The lowest BCUT2D eigenvalue weighted by atomic mass is 9.82. The van der Waals surface area contributed by atoms with Crippen molar-refractivity contribution in [1.82, 2.24) is 0 Å². The summed E-state index contributed by atoms with van der Waals surface area (Å²) in [5, 5.41) is 21.7. The molecule has 0 aromatic heterocycles. The fourth-order valence-corrected chi connectivity index (χ4v) is 4.10. The molecular weight excluding hydrogens is 272 g/mol. The smallest absolute Gasteiger partial charge is 0.0686 e. The van der Waals surface area contributed by atoms with Crippen LogP contribution in [-0.2, 0) is 0 Å². The maximum Gasteiger partial charge on any atom is 0.0686 e. The van der Waals surface area contributed by atoms with Gasteiger partial charge in [-0.15, -0.1) is 0 Å². The molecule has 2 heteroatoms. The van der Waals surface area contributed by atoms with Gasteiger partial charge in [0.15, 0.2) is 0 Å². The molecule has 0 radical (unpaired) electrons. The Labute approximate surface area is 136 Å². The molecule has 4 atom stereocenters. The van der Waals surface area contributed by atoms with Gasteiger partial charge >= 0.3 is 0 Å². The van der Waals surface area contributed by atoms with Crippen LogP contribution in [0.15, 0.2) is 23.3 Å². The van der Waals surface area contributed by atoms with Crippen LogP contribution < -0.4 is 0 Å². The molecule has 1 saturated carbocycles. The van der Waals surface area contributed by atoms with Crippen molar-refractivity contribution in [3.63, 3.8) is 0 Å². The van der Waals surface area contributed by atoms with E-state index in [1.807, 2.05) is 13.8 Å². The number of hydrogen-bond donors (Lipinski definition) is 2. The van der Waals surface area contributed by atoms with Crippen molar-refractivity contribution in [2.24, 2.45) is 17.8 Å². The standard InChI is InChI=1S/C20H34O2/c1-14(2)16-9-8-15(3)7-6-10-19(4,21)18-12-17(11-16)20(5,22)13-18/h7,11,14,17-18,21-22H,6,8-10,12-13H2,1-5H3/b15-7+,16-11+/t17-,18+,19-,20+/m0/s1. The molecule has 0 aliphatic heterocycles. The summed E-state index contributed by atoms with van der Waals surface area (Å²) in [5.74, 6) is 0.876. The monoisotopic (exact) mass is 306 g/mol. The van der Waals surface area contributed by atoms with Gasteiger partial charge < -0.3 is 10.2 Å². The maximum absolute atomic E-state index is 10.9. The van der Waals surface area contributed by atoms with Gasteiger partial charge in [-0.2, -0.15) is 0 Å². The SMILES string of the molecule is C/C1=C\CC[C@](C)(O)[C@@H]2C[C@H](/C=C(/C(C)C)CC1)[C@](C)(O)C2. The summed E-state index contributed by atoms with van der Waals surface area (Å²) in [6.45, 7) is 10.6. The molecule has 0 aromatic rings. The first-order valence-corrected chi connectivity index (χ1v) is 8.93. The van der Waals surface area contributed by atoms with Crippen LogP contribution in [0.2, 0.25) is 0 Å². The van der Waals surface area contributed by atoms with E-state index in [1.54, 1.807) is 0 Å². The molecule has 0 heterocycles.